The molecule has 9 heteroatoms. The molecule has 1 N–H and O–H groups in total. The fourth-order valence-electron chi connectivity index (χ4n) is 3.45. The van der Waals surface area contributed by atoms with Crippen molar-refractivity contribution in [1.82, 2.24) is 14.8 Å². The number of fused-ring (bicyclic) bond motifs is 1. The van der Waals surface area contributed by atoms with Gasteiger partial charge in [0, 0.05) is 12.6 Å². The van der Waals surface area contributed by atoms with Gasteiger partial charge in [-0.05, 0) is 43.5 Å². The van der Waals surface area contributed by atoms with E-state index in [1.165, 1.54) is 18.3 Å². The second-order valence-electron chi connectivity index (χ2n) is 7.17. The highest BCUT2D eigenvalue weighted by Crippen LogP contribution is 2.29. The predicted octanol–water partition coefficient (Wildman–Crippen LogP) is 4.00. The number of nitrogens with one attached hydrogen (secondary N) is 1. The molecule has 0 saturated carbocycles. The van der Waals surface area contributed by atoms with E-state index in [0.717, 1.165) is 4.88 Å². The van der Waals surface area contributed by atoms with Crippen LogP contribution in [0.4, 0.5) is 5.69 Å². The minimum absolute atomic E-state index is 0.176. The molecule has 4 aromatic rings. The first kappa shape index (κ1) is 21.4. The molecule has 3 aromatic heterocycles. The van der Waals surface area contributed by atoms with E-state index in [9.17, 15) is 14.4 Å². The number of hydrogen-bond acceptors (Lipinski definition) is 7. The summed E-state index contributed by atoms with van der Waals surface area (Å²) < 4.78 is 6.92. The number of benzene rings is 1. The first-order chi connectivity index (χ1) is 15.3. The number of thiophene rings is 1. The zero-order valence-corrected chi connectivity index (χ0v) is 18.5. The highest BCUT2D eigenvalue weighted by Gasteiger charge is 2.21. The van der Waals surface area contributed by atoms with Crippen molar-refractivity contribution in [3.63, 3.8) is 0 Å². The lowest BCUT2D eigenvalue weighted by molar-refractivity contribution is -0.119. The average molecular weight is 449 g/mol. The SMILES string of the molecule is CC(=O)c1ccccc1NC(=O)COC(=O)c1cc(-c2cccs2)nc2c1c(C)nn2C. The number of ether oxygens (including phenoxy) is 1. The largest absolute Gasteiger partial charge is 0.452 e. The summed E-state index contributed by atoms with van der Waals surface area (Å²) in [7, 11) is 1.76. The summed E-state index contributed by atoms with van der Waals surface area (Å²) in [6.07, 6.45) is 0. The fraction of sp³-hybridized carbons (Fsp3) is 0.174. The van der Waals surface area contributed by atoms with Crippen molar-refractivity contribution < 1.29 is 19.1 Å². The third-order valence-corrected chi connectivity index (χ3v) is 5.77. The molecule has 0 fully saturated rings. The van der Waals surface area contributed by atoms with Gasteiger partial charge in [-0.2, -0.15) is 5.10 Å². The summed E-state index contributed by atoms with van der Waals surface area (Å²) in [6, 6.07) is 12.1. The van der Waals surface area contributed by atoms with Crippen LogP contribution >= 0.6 is 11.3 Å². The van der Waals surface area contributed by atoms with Gasteiger partial charge in [-0.25, -0.2) is 9.78 Å². The first-order valence-electron chi connectivity index (χ1n) is 9.80. The molecular weight excluding hydrogens is 428 g/mol. The average Bonchev–Trinajstić information content (AvgIpc) is 3.40. The number of nitrogens with zero attached hydrogens (tertiary/aromatic N) is 3. The molecule has 1 amide bonds. The van der Waals surface area contributed by atoms with Crippen molar-refractivity contribution in [2.75, 3.05) is 11.9 Å². The van der Waals surface area contributed by atoms with Gasteiger partial charge in [0.2, 0.25) is 0 Å². The molecule has 0 bridgehead atoms. The van der Waals surface area contributed by atoms with E-state index in [1.807, 2.05) is 17.5 Å². The van der Waals surface area contributed by atoms with Crippen LogP contribution in [0.25, 0.3) is 21.6 Å². The smallest absolute Gasteiger partial charge is 0.339 e. The zero-order chi connectivity index (χ0) is 22.8. The van der Waals surface area contributed by atoms with Gasteiger partial charge in [-0.3, -0.25) is 14.3 Å². The highest BCUT2D eigenvalue weighted by molar-refractivity contribution is 7.13. The Morgan fingerprint density at radius 1 is 1.12 bits per heavy atom. The zero-order valence-electron chi connectivity index (χ0n) is 17.7. The maximum Gasteiger partial charge on any atom is 0.339 e. The van der Waals surface area contributed by atoms with Gasteiger partial charge in [0.05, 0.1) is 32.9 Å². The lowest BCUT2D eigenvalue weighted by Gasteiger charge is -2.10. The number of para-hydroxylation sites is 1. The fourth-order valence-corrected chi connectivity index (χ4v) is 4.14. The number of esters is 1. The Bertz CT molecular complexity index is 1340. The molecule has 0 aliphatic rings. The van der Waals surface area contributed by atoms with E-state index >= 15 is 0 Å². The Labute approximate surface area is 187 Å². The van der Waals surface area contributed by atoms with Gasteiger partial charge >= 0.3 is 5.97 Å². The molecule has 0 aliphatic heterocycles. The number of anilines is 1. The molecule has 4 rings (SSSR count). The van der Waals surface area contributed by atoms with E-state index in [-0.39, 0.29) is 5.78 Å². The molecular formula is C23H20N4O4S. The van der Waals surface area contributed by atoms with Gasteiger partial charge in [0.25, 0.3) is 5.91 Å². The second kappa shape index (κ2) is 8.72. The summed E-state index contributed by atoms with van der Waals surface area (Å²) in [6.45, 7) is 2.71. The maximum atomic E-state index is 13.0. The summed E-state index contributed by atoms with van der Waals surface area (Å²) in [5, 5.41) is 9.50. The van der Waals surface area contributed by atoms with E-state index in [4.69, 9.17) is 4.74 Å². The quantitative estimate of drug-likeness (QED) is 0.353. The van der Waals surface area contributed by atoms with Crippen LogP contribution in [-0.4, -0.2) is 39.0 Å². The summed E-state index contributed by atoms with van der Waals surface area (Å²) in [4.78, 5) is 42.6. The normalized spacial score (nSPS) is 10.8. The molecule has 0 aliphatic carbocycles. The third-order valence-electron chi connectivity index (χ3n) is 4.88. The number of carbonyl (C=O) groups excluding carboxylic acids is 3. The van der Waals surface area contributed by atoms with Crippen molar-refractivity contribution in [2.45, 2.75) is 13.8 Å². The maximum absolute atomic E-state index is 13.0. The standard InChI is InChI=1S/C23H20N4O4S/c1-13-21-16(11-18(19-9-6-10-32-19)25-22(21)27(3)26-13)23(30)31-12-20(29)24-17-8-5-4-7-15(17)14(2)28/h4-11H,12H2,1-3H3,(H,24,29). The van der Waals surface area contributed by atoms with Crippen molar-refractivity contribution in [3.05, 3.63) is 64.7 Å². The van der Waals surface area contributed by atoms with Gasteiger partial charge in [0.15, 0.2) is 18.0 Å². The topological polar surface area (TPSA) is 103 Å². The van der Waals surface area contributed by atoms with Crippen LogP contribution in [0.2, 0.25) is 0 Å². The van der Waals surface area contributed by atoms with Gasteiger partial charge < -0.3 is 10.1 Å². The van der Waals surface area contributed by atoms with Crippen LogP contribution in [-0.2, 0) is 16.6 Å². The minimum Gasteiger partial charge on any atom is -0.452 e. The number of aryl methyl sites for hydroxylation is 2. The number of carbonyl (C=O) groups is 3. The highest BCUT2D eigenvalue weighted by atomic mass is 32.1. The Hall–Kier alpha value is -3.85. The summed E-state index contributed by atoms with van der Waals surface area (Å²) >= 11 is 1.50. The number of pyridine rings is 1. The van der Waals surface area contributed by atoms with Crippen LogP contribution in [0, 0.1) is 6.92 Å². The molecule has 8 nitrogen and oxygen atoms in total. The van der Waals surface area contributed by atoms with Crippen LogP contribution in [0.1, 0.15) is 33.3 Å². The van der Waals surface area contributed by atoms with Gasteiger partial charge in [0.1, 0.15) is 0 Å². The molecule has 1 aromatic carbocycles. The molecule has 3 heterocycles. The Morgan fingerprint density at radius 3 is 2.62 bits per heavy atom. The molecule has 0 spiro atoms. The molecule has 0 saturated heterocycles. The van der Waals surface area contributed by atoms with Gasteiger partial charge in [-0.1, -0.05) is 18.2 Å². The molecule has 0 atom stereocenters. The van der Waals surface area contributed by atoms with Crippen LogP contribution in [0.15, 0.2) is 47.8 Å². The van der Waals surface area contributed by atoms with E-state index in [0.29, 0.717) is 39.2 Å². The number of ketones is 1. The van der Waals surface area contributed by atoms with E-state index in [2.05, 4.69) is 15.4 Å². The molecule has 0 unspecified atom stereocenters. The number of rotatable bonds is 6. The van der Waals surface area contributed by atoms with Crippen molar-refractivity contribution >= 4 is 45.7 Å². The molecule has 32 heavy (non-hydrogen) atoms. The predicted molar refractivity (Wildman–Crippen MR) is 122 cm³/mol. The number of Topliss-reactive ketones (excluding diaryl/α,β-unsaturated/α-hetero) is 1. The number of hydrogen-bond donors (Lipinski definition) is 1. The molecule has 0 radical (unpaired) electrons. The Morgan fingerprint density at radius 2 is 1.91 bits per heavy atom. The first-order valence-corrected chi connectivity index (χ1v) is 10.7. The van der Waals surface area contributed by atoms with Gasteiger partial charge in [-0.15, -0.1) is 11.3 Å². The van der Waals surface area contributed by atoms with E-state index in [1.54, 1.807) is 49.0 Å². The summed E-state index contributed by atoms with van der Waals surface area (Å²) in [5.74, 6) is -1.37. The Balaban J connectivity index is 1.58. The second-order valence-corrected chi connectivity index (χ2v) is 8.11. The van der Waals surface area contributed by atoms with Crippen molar-refractivity contribution in [3.8, 4) is 10.6 Å². The van der Waals surface area contributed by atoms with E-state index < -0.39 is 18.5 Å². The third kappa shape index (κ3) is 4.15. The lowest BCUT2D eigenvalue weighted by Crippen LogP contribution is -2.22. The van der Waals surface area contributed by atoms with Crippen LogP contribution < -0.4 is 5.32 Å². The van der Waals surface area contributed by atoms with Crippen molar-refractivity contribution in [1.29, 1.82) is 0 Å². The Kier molecular flexibility index (Phi) is 5.83. The monoisotopic (exact) mass is 448 g/mol. The van der Waals surface area contributed by atoms with Crippen LogP contribution in [0.3, 0.4) is 0 Å². The minimum atomic E-state index is -0.652. The summed E-state index contributed by atoms with van der Waals surface area (Å²) in [5.41, 5.74) is 2.87. The lowest BCUT2D eigenvalue weighted by atomic mass is 10.1. The van der Waals surface area contributed by atoms with Crippen LogP contribution in [0.5, 0.6) is 0 Å². The number of aromatic nitrogens is 3. The number of amides is 1. The molecule has 162 valence electrons. The van der Waals surface area contributed by atoms with Crippen molar-refractivity contribution in [2.24, 2.45) is 7.05 Å².